The molecule has 2 N–H and O–H groups in total. The smallest absolute Gasteiger partial charge is 0.327 e. The van der Waals surface area contributed by atoms with Crippen molar-refractivity contribution in [2.45, 2.75) is 6.04 Å². The Bertz CT molecular complexity index is 371. The van der Waals surface area contributed by atoms with Crippen molar-refractivity contribution in [1.29, 1.82) is 0 Å². The van der Waals surface area contributed by atoms with Crippen LogP contribution in [0.25, 0.3) is 0 Å². The summed E-state index contributed by atoms with van der Waals surface area (Å²) < 4.78 is 1.76. The van der Waals surface area contributed by atoms with Gasteiger partial charge in [0.2, 0.25) is 0 Å². The van der Waals surface area contributed by atoms with Gasteiger partial charge in [0.25, 0.3) is 0 Å². The molecular weight excluding hydrogens is 208 g/mol. The van der Waals surface area contributed by atoms with E-state index in [4.69, 9.17) is 0 Å². The molecule has 1 unspecified atom stereocenters. The number of carboxylic acid groups (broad SMARTS) is 1. The predicted octanol–water partition coefficient (Wildman–Crippen LogP) is -0.549. The van der Waals surface area contributed by atoms with Gasteiger partial charge in [-0.15, -0.1) is 0 Å². The second-order valence-corrected chi connectivity index (χ2v) is 3.96. The van der Waals surface area contributed by atoms with Gasteiger partial charge in [0, 0.05) is 33.2 Å². The fraction of sp³-hybridized carbons (Fsp3) is 0.600. The van der Waals surface area contributed by atoms with E-state index in [9.17, 15) is 9.90 Å². The standard InChI is InChI=1S/C10H16N4O2/c1-13-7-12-6-8(13)9(10(15)16)14-4-2-11-3-5-14/h6-7,9,11H,2-5H2,1H3,(H,15,16). The Morgan fingerprint density at radius 1 is 1.56 bits per heavy atom. The van der Waals surface area contributed by atoms with Gasteiger partial charge in [-0.3, -0.25) is 9.69 Å². The zero-order chi connectivity index (χ0) is 11.5. The Morgan fingerprint density at radius 2 is 2.25 bits per heavy atom. The van der Waals surface area contributed by atoms with Crippen LogP contribution in [0.5, 0.6) is 0 Å². The molecule has 1 fully saturated rings. The highest BCUT2D eigenvalue weighted by Gasteiger charge is 2.30. The molecule has 1 saturated heterocycles. The molecule has 0 aromatic carbocycles. The van der Waals surface area contributed by atoms with E-state index in [0.717, 1.165) is 31.9 Å². The fourth-order valence-electron chi connectivity index (χ4n) is 2.04. The van der Waals surface area contributed by atoms with Crippen LogP contribution in [0.15, 0.2) is 12.5 Å². The maximum atomic E-state index is 11.3. The number of nitrogens with zero attached hydrogens (tertiary/aromatic N) is 3. The monoisotopic (exact) mass is 224 g/mol. The number of hydrogen-bond donors (Lipinski definition) is 2. The number of nitrogens with one attached hydrogen (secondary N) is 1. The quantitative estimate of drug-likeness (QED) is 0.721. The van der Waals surface area contributed by atoms with Gasteiger partial charge in [0.15, 0.2) is 6.04 Å². The Morgan fingerprint density at radius 3 is 2.75 bits per heavy atom. The summed E-state index contributed by atoms with van der Waals surface area (Å²) in [4.78, 5) is 17.3. The first-order chi connectivity index (χ1) is 7.70. The van der Waals surface area contributed by atoms with Crippen molar-refractivity contribution >= 4 is 5.97 Å². The summed E-state index contributed by atoms with van der Waals surface area (Å²) in [6.45, 7) is 3.17. The minimum atomic E-state index is -0.814. The van der Waals surface area contributed by atoms with E-state index in [1.807, 2.05) is 11.9 Å². The van der Waals surface area contributed by atoms with Crippen LogP contribution in [0.4, 0.5) is 0 Å². The molecule has 6 heteroatoms. The zero-order valence-electron chi connectivity index (χ0n) is 9.26. The molecule has 0 amide bonds. The van der Waals surface area contributed by atoms with Crippen molar-refractivity contribution in [2.24, 2.45) is 7.05 Å². The molecule has 6 nitrogen and oxygen atoms in total. The molecule has 2 rings (SSSR count). The highest BCUT2D eigenvalue weighted by atomic mass is 16.4. The summed E-state index contributed by atoms with van der Waals surface area (Å²) >= 11 is 0. The van der Waals surface area contributed by atoms with E-state index in [1.54, 1.807) is 17.1 Å². The first-order valence-electron chi connectivity index (χ1n) is 5.34. The van der Waals surface area contributed by atoms with E-state index in [1.165, 1.54) is 0 Å². The highest BCUT2D eigenvalue weighted by Crippen LogP contribution is 2.20. The van der Waals surface area contributed by atoms with Crippen molar-refractivity contribution in [3.63, 3.8) is 0 Å². The molecule has 2 heterocycles. The van der Waals surface area contributed by atoms with Crippen molar-refractivity contribution in [3.05, 3.63) is 18.2 Å². The molecule has 88 valence electrons. The molecule has 0 bridgehead atoms. The second kappa shape index (κ2) is 4.63. The van der Waals surface area contributed by atoms with Gasteiger partial charge < -0.3 is 15.0 Å². The van der Waals surface area contributed by atoms with Gasteiger partial charge >= 0.3 is 5.97 Å². The van der Waals surface area contributed by atoms with E-state index >= 15 is 0 Å². The second-order valence-electron chi connectivity index (χ2n) is 3.96. The topological polar surface area (TPSA) is 70.4 Å². The van der Waals surface area contributed by atoms with Gasteiger partial charge in [0.05, 0.1) is 18.2 Å². The summed E-state index contributed by atoms with van der Waals surface area (Å²) in [6.07, 6.45) is 3.26. The molecule has 0 aliphatic carbocycles. The fourth-order valence-corrected chi connectivity index (χ4v) is 2.04. The summed E-state index contributed by atoms with van der Waals surface area (Å²) in [5, 5.41) is 12.5. The number of carboxylic acids is 1. The highest BCUT2D eigenvalue weighted by molar-refractivity contribution is 5.74. The van der Waals surface area contributed by atoms with Crippen molar-refractivity contribution in [2.75, 3.05) is 26.2 Å². The number of rotatable bonds is 3. The summed E-state index contributed by atoms with van der Waals surface area (Å²) in [6, 6.07) is -0.588. The molecule has 1 aromatic heterocycles. The Hall–Kier alpha value is -1.40. The SMILES string of the molecule is Cn1cncc1C(C(=O)O)N1CCNCC1. The largest absolute Gasteiger partial charge is 0.480 e. The lowest BCUT2D eigenvalue weighted by Crippen LogP contribution is -2.47. The minimum Gasteiger partial charge on any atom is -0.480 e. The third-order valence-corrected chi connectivity index (χ3v) is 2.88. The zero-order valence-corrected chi connectivity index (χ0v) is 9.26. The van der Waals surface area contributed by atoms with E-state index in [-0.39, 0.29) is 0 Å². The minimum absolute atomic E-state index is 0.588. The van der Waals surface area contributed by atoms with Gasteiger partial charge in [-0.25, -0.2) is 4.98 Å². The van der Waals surface area contributed by atoms with Crippen LogP contribution >= 0.6 is 0 Å². The third kappa shape index (κ3) is 2.07. The van der Waals surface area contributed by atoms with E-state index in [2.05, 4.69) is 10.3 Å². The van der Waals surface area contributed by atoms with Crippen molar-refractivity contribution < 1.29 is 9.90 Å². The van der Waals surface area contributed by atoms with Crippen molar-refractivity contribution in [1.82, 2.24) is 19.8 Å². The molecule has 1 aliphatic rings. The number of aryl methyl sites for hydroxylation is 1. The first-order valence-corrected chi connectivity index (χ1v) is 5.34. The average Bonchev–Trinajstić information content (AvgIpc) is 2.66. The summed E-state index contributed by atoms with van der Waals surface area (Å²) in [7, 11) is 1.82. The lowest BCUT2D eigenvalue weighted by Gasteiger charge is -2.32. The van der Waals surface area contributed by atoms with Crippen LogP contribution in [0.2, 0.25) is 0 Å². The molecule has 1 atom stereocenters. The number of piperazine rings is 1. The molecule has 0 radical (unpaired) electrons. The van der Waals surface area contributed by atoms with Crippen LogP contribution in [0.1, 0.15) is 11.7 Å². The van der Waals surface area contributed by atoms with Crippen LogP contribution < -0.4 is 5.32 Å². The van der Waals surface area contributed by atoms with Gasteiger partial charge in [-0.2, -0.15) is 0 Å². The molecule has 1 aromatic rings. The van der Waals surface area contributed by atoms with Crippen LogP contribution in [0.3, 0.4) is 0 Å². The predicted molar refractivity (Wildman–Crippen MR) is 58.0 cm³/mol. The van der Waals surface area contributed by atoms with E-state index in [0.29, 0.717) is 0 Å². The number of aliphatic carboxylic acids is 1. The lowest BCUT2D eigenvalue weighted by molar-refractivity contribution is -0.144. The van der Waals surface area contributed by atoms with Crippen LogP contribution in [0, 0.1) is 0 Å². The molecule has 16 heavy (non-hydrogen) atoms. The molecule has 0 saturated carbocycles. The number of hydrogen-bond acceptors (Lipinski definition) is 4. The number of imidazole rings is 1. The first kappa shape index (κ1) is 11.1. The lowest BCUT2D eigenvalue weighted by atomic mass is 10.1. The van der Waals surface area contributed by atoms with E-state index < -0.39 is 12.0 Å². The Balaban J connectivity index is 2.23. The number of carbonyl (C=O) groups is 1. The summed E-state index contributed by atoms with van der Waals surface area (Å²) in [5.41, 5.74) is 0.731. The number of aromatic nitrogens is 2. The van der Waals surface area contributed by atoms with Crippen LogP contribution in [-0.4, -0.2) is 51.7 Å². The normalized spacial score (nSPS) is 19.6. The third-order valence-electron chi connectivity index (χ3n) is 2.88. The van der Waals surface area contributed by atoms with Crippen LogP contribution in [-0.2, 0) is 11.8 Å². The summed E-state index contributed by atoms with van der Waals surface area (Å²) in [5.74, 6) is -0.814. The maximum absolute atomic E-state index is 11.3. The van der Waals surface area contributed by atoms with Crippen molar-refractivity contribution in [3.8, 4) is 0 Å². The average molecular weight is 224 g/mol. The molecule has 1 aliphatic heterocycles. The maximum Gasteiger partial charge on any atom is 0.327 e. The Kier molecular flexibility index (Phi) is 3.21. The van der Waals surface area contributed by atoms with Gasteiger partial charge in [-0.1, -0.05) is 0 Å². The molecule has 0 spiro atoms. The van der Waals surface area contributed by atoms with Gasteiger partial charge in [-0.05, 0) is 0 Å². The Labute approximate surface area is 93.9 Å². The van der Waals surface area contributed by atoms with Gasteiger partial charge in [0.1, 0.15) is 0 Å². The molecular formula is C10H16N4O2.